The van der Waals surface area contributed by atoms with Crippen molar-refractivity contribution in [3.05, 3.63) is 95.6 Å². The topological polar surface area (TPSA) is 108 Å². The number of rotatable bonds is 8. The zero-order valence-corrected chi connectivity index (χ0v) is 21.5. The van der Waals surface area contributed by atoms with E-state index < -0.39 is 22.5 Å². The van der Waals surface area contributed by atoms with Crippen molar-refractivity contribution in [1.82, 2.24) is 5.43 Å². The second-order valence-corrected chi connectivity index (χ2v) is 10.4. The van der Waals surface area contributed by atoms with Gasteiger partial charge in [-0.1, -0.05) is 54.1 Å². The lowest BCUT2D eigenvalue weighted by Gasteiger charge is -2.25. The predicted molar refractivity (Wildman–Crippen MR) is 145 cm³/mol. The third-order valence-electron chi connectivity index (χ3n) is 5.83. The number of benzene rings is 4. The van der Waals surface area contributed by atoms with Gasteiger partial charge in [-0.05, 0) is 60.5 Å². The van der Waals surface area contributed by atoms with Gasteiger partial charge >= 0.3 is 0 Å². The van der Waals surface area contributed by atoms with E-state index in [0.29, 0.717) is 11.3 Å². The Balaban J connectivity index is 1.65. The Morgan fingerprint density at radius 2 is 1.70 bits per heavy atom. The molecule has 8 nitrogen and oxygen atoms in total. The molecule has 1 amide bonds. The Kier molecular flexibility index (Phi) is 7.45. The minimum Gasteiger partial charge on any atom is -0.507 e. The average Bonchev–Trinajstić information content (AvgIpc) is 2.88. The summed E-state index contributed by atoms with van der Waals surface area (Å²) in [4.78, 5) is 13.0. The number of phenols is 1. The molecule has 4 aromatic rings. The summed E-state index contributed by atoms with van der Waals surface area (Å²) in [5.74, 6) is -0.363. The number of carbonyl (C=O) groups is 1. The molecule has 0 saturated heterocycles. The van der Waals surface area contributed by atoms with Crippen molar-refractivity contribution in [3.8, 4) is 11.5 Å². The lowest BCUT2D eigenvalue weighted by molar-refractivity contribution is -0.119. The fraction of sp³-hybridized carbons (Fsp3) is 0.143. The summed E-state index contributed by atoms with van der Waals surface area (Å²) in [5, 5.41) is 15.9. The number of phenolic OH excluding ortho intramolecular Hbond substituents is 1. The number of nitrogens with one attached hydrogen (secondary N) is 1. The first-order chi connectivity index (χ1) is 17.7. The summed E-state index contributed by atoms with van der Waals surface area (Å²) in [5.41, 5.74) is 4.75. The van der Waals surface area contributed by atoms with Crippen LogP contribution in [0.3, 0.4) is 0 Å². The molecule has 4 rings (SSSR count). The first kappa shape index (κ1) is 25.7. The maximum Gasteiger partial charge on any atom is 0.264 e. The third kappa shape index (κ3) is 5.57. The number of hydrazone groups is 1. The molecule has 0 aliphatic rings. The molecule has 0 heterocycles. The van der Waals surface area contributed by atoms with Gasteiger partial charge in [0, 0.05) is 5.56 Å². The summed E-state index contributed by atoms with van der Waals surface area (Å²) < 4.78 is 33.7. The normalized spacial score (nSPS) is 11.5. The fourth-order valence-corrected chi connectivity index (χ4v) is 5.31. The predicted octanol–water partition coefficient (Wildman–Crippen LogP) is 4.52. The van der Waals surface area contributed by atoms with Crippen molar-refractivity contribution in [2.75, 3.05) is 18.0 Å². The van der Waals surface area contributed by atoms with E-state index in [1.54, 1.807) is 42.5 Å². The van der Waals surface area contributed by atoms with Crippen molar-refractivity contribution in [2.24, 2.45) is 5.10 Å². The van der Waals surface area contributed by atoms with E-state index >= 15 is 0 Å². The van der Waals surface area contributed by atoms with E-state index in [1.165, 1.54) is 25.5 Å². The summed E-state index contributed by atoms with van der Waals surface area (Å²) in [6.07, 6.45) is 1.33. The van der Waals surface area contributed by atoms with Gasteiger partial charge in [-0.25, -0.2) is 13.8 Å². The summed E-state index contributed by atoms with van der Waals surface area (Å²) in [6, 6.07) is 22.3. The average molecular weight is 518 g/mol. The van der Waals surface area contributed by atoms with E-state index in [2.05, 4.69) is 10.5 Å². The lowest BCUT2D eigenvalue weighted by atomic mass is 10.0. The maximum atomic E-state index is 13.7. The Morgan fingerprint density at radius 3 is 2.43 bits per heavy atom. The minimum absolute atomic E-state index is 0.00442. The Labute approximate surface area is 215 Å². The molecule has 0 radical (unpaired) electrons. The minimum atomic E-state index is -4.13. The lowest BCUT2D eigenvalue weighted by Crippen LogP contribution is -2.39. The summed E-state index contributed by atoms with van der Waals surface area (Å²) in [6.45, 7) is 3.13. The molecule has 0 aliphatic carbocycles. The van der Waals surface area contributed by atoms with Gasteiger partial charge in [0.25, 0.3) is 15.9 Å². The SMILES string of the molecule is COc1ccc(C)cc1N(CC(=O)N/N=C\c1c(O)ccc2ccccc12)S(=O)(=O)c1ccc(C)cc1. The van der Waals surface area contributed by atoms with Crippen LogP contribution in [0.25, 0.3) is 10.8 Å². The molecule has 0 aliphatic heterocycles. The molecule has 190 valence electrons. The highest BCUT2D eigenvalue weighted by Crippen LogP contribution is 2.33. The molecule has 37 heavy (non-hydrogen) atoms. The molecule has 0 unspecified atom stereocenters. The molecule has 9 heteroatoms. The van der Waals surface area contributed by atoms with Crippen LogP contribution in [-0.4, -0.2) is 39.3 Å². The van der Waals surface area contributed by atoms with Crippen LogP contribution in [-0.2, 0) is 14.8 Å². The number of methoxy groups -OCH3 is 1. The number of anilines is 1. The van der Waals surface area contributed by atoms with Gasteiger partial charge in [-0.15, -0.1) is 0 Å². The Hall–Kier alpha value is -4.37. The van der Waals surface area contributed by atoms with E-state index in [9.17, 15) is 18.3 Å². The van der Waals surface area contributed by atoms with Crippen LogP contribution >= 0.6 is 0 Å². The Bertz CT molecular complexity index is 1580. The molecule has 2 N–H and O–H groups in total. The van der Waals surface area contributed by atoms with Gasteiger partial charge in [-0.2, -0.15) is 5.10 Å². The number of nitrogens with zero attached hydrogens (tertiary/aromatic N) is 2. The quantitative estimate of drug-likeness (QED) is 0.264. The van der Waals surface area contributed by atoms with Crippen molar-refractivity contribution < 1.29 is 23.1 Å². The van der Waals surface area contributed by atoms with Crippen molar-refractivity contribution in [1.29, 1.82) is 0 Å². The number of fused-ring (bicyclic) bond motifs is 1. The van der Waals surface area contributed by atoms with Crippen LogP contribution in [0.15, 0.2) is 88.9 Å². The van der Waals surface area contributed by atoms with Gasteiger partial charge < -0.3 is 9.84 Å². The highest BCUT2D eigenvalue weighted by atomic mass is 32.2. The van der Waals surface area contributed by atoms with E-state index in [-0.39, 0.29) is 16.3 Å². The molecule has 0 atom stereocenters. The molecule has 0 spiro atoms. The largest absolute Gasteiger partial charge is 0.507 e. The first-order valence-corrected chi connectivity index (χ1v) is 12.9. The van der Waals surface area contributed by atoms with Crippen LogP contribution in [0, 0.1) is 13.8 Å². The highest BCUT2D eigenvalue weighted by Gasteiger charge is 2.29. The van der Waals surface area contributed by atoms with E-state index in [1.807, 2.05) is 38.1 Å². The molecular weight excluding hydrogens is 490 g/mol. The Morgan fingerprint density at radius 1 is 1.00 bits per heavy atom. The van der Waals surface area contributed by atoms with Crippen LogP contribution < -0.4 is 14.5 Å². The first-order valence-electron chi connectivity index (χ1n) is 11.5. The van der Waals surface area contributed by atoms with E-state index in [0.717, 1.165) is 26.2 Å². The number of aryl methyl sites for hydroxylation is 2. The second-order valence-electron chi connectivity index (χ2n) is 8.51. The standard InChI is InChI=1S/C28H27N3O5S/c1-19-8-12-22(13-9-19)37(34,35)31(25-16-20(2)10-15-27(25)36-3)18-28(33)30-29-17-24-23-7-5-4-6-21(23)11-14-26(24)32/h4-17,32H,18H2,1-3H3,(H,30,33)/b29-17-. The molecule has 0 saturated carbocycles. The smallest absolute Gasteiger partial charge is 0.264 e. The second kappa shape index (κ2) is 10.7. The molecule has 0 bridgehead atoms. The number of ether oxygens (including phenoxy) is 1. The summed E-state index contributed by atoms with van der Waals surface area (Å²) in [7, 11) is -2.69. The molecule has 0 fully saturated rings. The highest BCUT2D eigenvalue weighted by molar-refractivity contribution is 7.92. The van der Waals surface area contributed by atoms with Gasteiger partial charge in [0.15, 0.2) is 0 Å². The number of hydrogen-bond donors (Lipinski definition) is 2. The molecule has 4 aromatic carbocycles. The monoisotopic (exact) mass is 517 g/mol. The van der Waals surface area contributed by atoms with Gasteiger partial charge in [0.05, 0.1) is 23.9 Å². The third-order valence-corrected chi connectivity index (χ3v) is 7.60. The van der Waals surface area contributed by atoms with Gasteiger partial charge in [0.2, 0.25) is 0 Å². The number of sulfonamides is 1. The molecular formula is C28H27N3O5S. The van der Waals surface area contributed by atoms with Crippen molar-refractivity contribution in [2.45, 2.75) is 18.7 Å². The fourth-order valence-electron chi connectivity index (χ4n) is 3.89. The summed E-state index contributed by atoms with van der Waals surface area (Å²) >= 11 is 0. The van der Waals surface area contributed by atoms with Gasteiger partial charge in [0.1, 0.15) is 18.0 Å². The van der Waals surface area contributed by atoms with Crippen LogP contribution in [0.5, 0.6) is 11.5 Å². The number of hydrogen-bond acceptors (Lipinski definition) is 6. The van der Waals surface area contributed by atoms with Crippen molar-refractivity contribution >= 4 is 38.6 Å². The van der Waals surface area contributed by atoms with Gasteiger partial charge in [-0.3, -0.25) is 9.10 Å². The zero-order chi connectivity index (χ0) is 26.6. The van der Waals surface area contributed by atoms with E-state index in [4.69, 9.17) is 4.74 Å². The van der Waals surface area contributed by atoms with Crippen LogP contribution in [0.1, 0.15) is 16.7 Å². The zero-order valence-electron chi connectivity index (χ0n) is 20.7. The number of aromatic hydroxyl groups is 1. The number of amides is 1. The van der Waals surface area contributed by atoms with Crippen molar-refractivity contribution in [3.63, 3.8) is 0 Å². The maximum absolute atomic E-state index is 13.7. The molecule has 0 aromatic heterocycles. The number of carbonyl (C=O) groups excluding carboxylic acids is 1. The van der Waals surface area contributed by atoms with Crippen LogP contribution in [0.2, 0.25) is 0 Å². The van der Waals surface area contributed by atoms with Crippen LogP contribution in [0.4, 0.5) is 5.69 Å².